The number of piperidine rings is 1. The third kappa shape index (κ3) is 5.87. The van der Waals surface area contributed by atoms with Gasteiger partial charge < -0.3 is 4.90 Å². The van der Waals surface area contributed by atoms with Gasteiger partial charge in [0, 0.05) is 37.3 Å². The highest BCUT2D eigenvalue weighted by Gasteiger charge is 2.25. The van der Waals surface area contributed by atoms with Crippen molar-refractivity contribution in [1.29, 1.82) is 0 Å². The lowest BCUT2D eigenvalue weighted by Crippen LogP contribution is -2.34. The van der Waals surface area contributed by atoms with E-state index in [-0.39, 0.29) is 0 Å². The molecule has 0 N–H and O–H groups in total. The van der Waals surface area contributed by atoms with Gasteiger partial charge in [0.25, 0.3) is 0 Å². The topological polar surface area (TPSA) is 15.6 Å². The molecule has 3 rings (SSSR count). The molecule has 0 aromatic heterocycles. The average Bonchev–Trinajstić information content (AvgIpc) is 3.61. The molecule has 0 unspecified atom stereocenters. The molecule has 1 saturated carbocycles. The van der Waals surface area contributed by atoms with Gasteiger partial charge in [-0.15, -0.1) is 0 Å². The third-order valence-electron chi connectivity index (χ3n) is 6.64. The molecule has 2 aliphatic rings. The molecular formula is C29H40N2. The first-order valence-corrected chi connectivity index (χ1v) is 12.0. The van der Waals surface area contributed by atoms with Crippen molar-refractivity contribution in [1.82, 2.24) is 0 Å². The summed E-state index contributed by atoms with van der Waals surface area (Å²) in [5, 5.41) is 0. The first-order valence-electron chi connectivity index (χ1n) is 12.0. The quantitative estimate of drug-likeness (QED) is 0.396. The maximum absolute atomic E-state index is 5.11. The Hall–Kier alpha value is -2.35. The van der Waals surface area contributed by atoms with Crippen LogP contribution >= 0.6 is 0 Å². The summed E-state index contributed by atoms with van der Waals surface area (Å²) in [5.74, 6) is 0.811. The fourth-order valence-corrected chi connectivity index (χ4v) is 4.57. The Bertz CT molecular complexity index is 908. The van der Waals surface area contributed by atoms with E-state index in [2.05, 4.69) is 76.4 Å². The van der Waals surface area contributed by atoms with Crippen molar-refractivity contribution in [3.63, 3.8) is 0 Å². The summed E-state index contributed by atoms with van der Waals surface area (Å²) in [4.78, 5) is 7.68. The molecule has 1 heterocycles. The van der Waals surface area contributed by atoms with Crippen molar-refractivity contribution < 1.29 is 0 Å². The molecule has 1 aromatic rings. The van der Waals surface area contributed by atoms with Crippen LogP contribution in [0.4, 0.5) is 5.69 Å². The van der Waals surface area contributed by atoms with Gasteiger partial charge in [0.15, 0.2) is 0 Å². The van der Waals surface area contributed by atoms with E-state index in [9.17, 15) is 0 Å². The molecule has 0 spiro atoms. The predicted molar refractivity (Wildman–Crippen MR) is 138 cm³/mol. The van der Waals surface area contributed by atoms with E-state index in [1.54, 1.807) is 0 Å². The number of allylic oxidation sites excluding steroid dienone is 5. The van der Waals surface area contributed by atoms with Crippen LogP contribution in [0.5, 0.6) is 0 Å². The number of hydrogen-bond acceptors (Lipinski definition) is 2. The lowest BCUT2D eigenvalue weighted by molar-refractivity contribution is 0.751. The summed E-state index contributed by atoms with van der Waals surface area (Å²) in [5.41, 5.74) is 11.0. The first-order chi connectivity index (χ1) is 15.0. The van der Waals surface area contributed by atoms with Gasteiger partial charge >= 0.3 is 0 Å². The molecule has 2 fully saturated rings. The van der Waals surface area contributed by atoms with Gasteiger partial charge in [-0.05, 0) is 86.8 Å². The Morgan fingerprint density at radius 2 is 1.90 bits per heavy atom. The second-order valence-corrected chi connectivity index (χ2v) is 9.16. The minimum atomic E-state index is 0.756. The Labute approximate surface area is 190 Å². The Morgan fingerprint density at radius 3 is 2.45 bits per heavy atom. The van der Waals surface area contributed by atoms with E-state index >= 15 is 0 Å². The molecular weight excluding hydrogens is 376 g/mol. The van der Waals surface area contributed by atoms with Crippen LogP contribution in [0.2, 0.25) is 0 Å². The molecule has 31 heavy (non-hydrogen) atoms. The zero-order valence-electron chi connectivity index (χ0n) is 20.3. The first kappa shape index (κ1) is 23.3. The molecule has 1 saturated heterocycles. The largest absolute Gasteiger partial charge is 0.371 e. The summed E-state index contributed by atoms with van der Waals surface area (Å²) in [6.45, 7) is 17.9. The van der Waals surface area contributed by atoms with Crippen LogP contribution in [0.3, 0.4) is 0 Å². The molecule has 1 aliphatic heterocycles. The molecule has 0 bridgehead atoms. The molecule has 0 amide bonds. The van der Waals surface area contributed by atoms with Crippen molar-refractivity contribution in [3.8, 4) is 0 Å². The van der Waals surface area contributed by atoms with E-state index in [0.717, 1.165) is 44.8 Å². The van der Waals surface area contributed by atoms with Crippen LogP contribution in [0, 0.1) is 6.92 Å². The van der Waals surface area contributed by atoms with E-state index in [0.29, 0.717) is 0 Å². The second-order valence-electron chi connectivity index (χ2n) is 9.16. The fourth-order valence-electron chi connectivity index (χ4n) is 4.57. The van der Waals surface area contributed by atoms with Gasteiger partial charge in [-0.3, -0.25) is 4.99 Å². The van der Waals surface area contributed by atoms with Crippen molar-refractivity contribution in [2.24, 2.45) is 4.99 Å². The average molecular weight is 417 g/mol. The van der Waals surface area contributed by atoms with Gasteiger partial charge in [-0.2, -0.15) is 0 Å². The number of nitrogens with zero attached hydrogens (tertiary/aromatic N) is 2. The van der Waals surface area contributed by atoms with Gasteiger partial charge in [0.05, 0.1) is 6.54 Å². The van der Waals surface area contributed by atoms with Crippen LogP contribution in [0.15, 0.2) is 70.3 Å². The van der Waals surface area contributed by atoms with Crippen LogP contribution in [0.25, 0.3) is 0 Å². The normalized spacial score (nSPS) is 17.6. The molecule has 1 aromatic carbocycles. The SMILES string of the molecule is C=C/C(CC)=C(/CN=C1CCN(c2cc(C3CC3)ccc2C)CC1)C(/C=C\C)=C(C)C. The van der Waals surface area contributed by atoms with Gasteiger partial charge in [0.1, 0.15) is 0 Å². The van der Waals surface area contributed by atoms with Crippen molar-refractivity contribution in [3.05, 3.63) is 76.4 Å². The predicted octanol–water partition coefficient (Wildman–Crippen LogP) is 7.72. The number of rotatable bonds is 8. The fraction of sp³-hybridized carbons (Fsp3) is 0.483. The minimum Gasteiger partial charge on any atom is -0.371 e. The van der Waals surface area contributed by atoms with Crippen LogP contribution in [-0.2, 0) is 0 Å². The van der Waals surface area contributed by atoms with E-state index in [1.165, 1.54) is 57.7 Å². The van der Waals surface area contributed by atoms with Crippen molar-refractivity contribution in [2.45, 2.75) is 72.6 Å². The van der Waals surface area contributed by atoms with Crippen molar-refractivity contribution in [2.75, 3.05) is 24.5 Å². The zero-order chi connectivity index (χ0) is 22.4. The smallest absolute Gasteiger partial charge is 0.0647 e. The second kappa shape index (κ2) is 10.8. The summed E-state index contributed by atoms with van der Waals surface area (Å²) in [6.07, 6.45) is 12.2. The third-order valence-corrected chi connectivity index (χ3v) is 6.64. The zero-order valence-corrected chi connectivity index (χ0v) is 20.3. The minimum absolute atomic E-state index is 0.756. The van der Waals surface area contributed by atoms with E-state index in [1.807, 2.05) is 6.08 Å². The maximum atomic E-state index is 5.11. The van der Waals surface area contributed by atoms with Crippen LogP contribution in [0.1, 0.15) is 76.8 Å². The van der Waals surface area contributed by atoms with Gasteiger partial charge in [-0.1, -0.05) is 49.4 Å². The highest BCUT2D eigenvalue weighted by molar-refractivity contribution is 5.87. The molecule has 0 radical (unpaired) electrons. The molecule has 0 atom stereocenters. The molecule has 1 aliphatic carbocycles. The molecule has 2 nitrogen and oxygen atoms in total. The number of aliphatic imine (C=N–C) groups is 1. The summed E-state index contributed by atoms with van der Waals surface area (Å²) >= 11 is 0. The lowest BCUT2D eigenvalue weighted by atomic mass is 9.94. The number of anilines is 1. The number of aryl methyl sites for hydroxylation is 1. The summed E-state index contributed by atoms with van der Waals surface area (Å²) < 4.78 is 0. The maximum Gasteiger partial charge on any atom is 0.0647 e. The molecule has 166 valence electrons. The van der Waals surface area contributed by atoms with Gasteiger partial charge in [-0.25, -0.2) is 0 Å². The number of hydrogen-bond donors (Lipinski definition) is 0. The standard InChI is InChI=1S/C29H40N2/c1-7-10-27(21(4)5)28(23(8-2)9-3)20-30-26-15-17-31(18-16-26)29-19-25(24-13-14-24)12-11-22(29)6/h7-8,10-12,19,24H,2,9,13-18,20H2,1,3-6H3/b10-7-,28-23+. The Kier molecular flexibility index (Phi) is 8.12. The number of benzene rings is 1. The van der Waals surface area contributed by atoms with E-state index in [4.69, 9.17) is 4.99 Å². The highest BCUT2D eigenvalue weighted by Crippen LogP contribution is 2.41. The van der Waals surface area contributed by atoms with Gasteiger partial charge in [0.2, 0.25) is 0 Å². The van der Waals surface area contributed by atoms with Crippen LogP contribution in [-0.4, -0.2) is 25.3 Å². The van der Waals surface area contributed by atoms with E-state index < -0.39 is 0 Å². The highest BCUT2D eigenvalue weighted by atomic mass is 15.1. The van der Waals surface area contributed by atoms with Crippen LogP contribution < -0.4 is 4.90 Å². The summed E-state index contributed by atoms with van der Waals surface area (Å²) in [7, 11) is 0. The Balaban J connectivity index is 1.73. The molecule has 2 heteroatoms. The van der Waals surface area contributed by atoms with Crippen molar-refractivity contribution >= 4 is 11.4 Å². The Morgan fingerprint density at radius 1 is 1.19 bits per heavy atom. The lowest BCUT2D eigenvalue weighted by Gasteiger charge is -2.31. The summed E-state index contributed by atoms with van der Waals surface area (Å²) in [6, 6.07) is 7.09. The monoisotopic (exact) mass is 416 g/mol.